The van der Waals surface area contributed by atoms with Crippen LogP contribution in [0.4, 0.5) is 0 Å². The zero-order valence-electron chi connectivity index (χ0n) is 29.9. The molecule has 1 heterocycles. The summed E-state index contributed by atoms with van der Waals surface area (Å²) in [5.41, 5.74) is 0. The highest BCUT2D eigenvalue weighted by molar-refractivity contribution is 5.76. The number of rotatable bonds is 31. The third-order valence-corrected chi connectivity index (χ3v) is 9.53. The van der Waals surface area contributed by atoms with Crippen LogP contribution in [0.1, 0.15) is 168 Å². The predicted octanol–water partition coefficient (Wildman–Crippen LogP) is 5.41. The van der Waals surface area contributed by atoms with Gasteiger partial charge in [-0.2, -0.15) is 0 Å². The van der Waals surface area contributed by atoms with Crippen LogP contribution in [-0.2, 0) is 14.3 Å². The van der Waals surface area contributed by atoms with Crippen molar-refractivity contribution in [3.8, 4) is 0 Å². The molecule has 0 aromatic heterocycles. The van der Waals surface area contributed by atoms with E-state index < -0.39 is 55.6 Å². The number of amides is 1. The molecule has 10 nitrogen and oxygen atoms in total. The maximum Gasteiger partial charge on any atom is 0.220 e. The van der Waals surface area contributed by atoms with Gasteiger partial charge in [0.1, 0.15) is 30.5 Å². The Labute approximate surface area is 286 Å². The molecule has 1 rings (SSSR count). The molecule has 1 aliphatic rings. The first-order chi connectivity index (χ1) is 22.8. The van der Waals surface area contributed by atoms with Crippen LogP contribution in [0.25, 0.3) is 0 Å². The summed E-state index contributed by atoms with van der Waals surface area (Å²) in [7, 11) is 0. The van der Waals surface area contributed by atoms with Gasteiger partial charge in [0.25, 0.3) is 0 Å². The van der Waals surface area contributed by atoms with Gasteiger partial charge < -0.3 is 45.4 Å². The van der Waals surface area contributed by atoms with Crippen molar-refractivity contribution in [2.24, 2.45) is 0 Å². The van der Waals surface area contributed by atoms with Crippen LogP contribution in [0.5, 0.6) is 0 Å². The molecule has 280 valence electrons. The second-order valence-corrected chi connectivity index (χ2v) is 13.9. The van der Waals surface area contributed by atoms with E-state index in [0.29, 0.717) is 12.8 Å². The number of carbonyl (C=O) groups excluding carboxylic acids is 1. The maximum atomic E-state index is 12.7. The first-order valence-electron chi connectivity index (χ1n) is 19.3. The van der Waals surface area contributed by atoms with E-state index >= 15 is 0 Å². The fraction of sp³-hybridized carbons (Fsp3) is 0.973. The second-order valence-electron chi connectivity index (χ2n) is 13.9. The number of hydrogen-bond donors (Lipinski definition) is 7. The van der Waals surface area contributed by atoms with E-state index in [9.17, 15) is 35.4 Å². The lowest BCUT2D eigenvalue weighted by molar-refractivity contribution is -0.303. The molecular formula is C37H73NO9. The van der Waals surface area contributed by atoms with Crippen LogP contribution in [-0.4, -0.2) is 98.7 Å². The number of unbranched alkanes of at least 4 members (excludes halogenated alkanes) is 20. The Morgan fingerprint density at radius 2 is 1.11 bits per heavy atom. The Balaban J connectivity index is 2.14. The fourth-order valence-corrected chi connectivity index (χ4v) is 6.36. The summed E-state index contributed by atoms with van der Waals surface area (Å²) in [6.45, 7) is 3.24. The largest absolute Gasteiger partial charge is 0.394 e. The number of ether oxygens (including phenoxy) is 2. The molecule has 0 saturated carbocycles. The van der Waals surface area contributed by atoms with Gasteiger partial charge >= 0.3 is 0 Å². The van der Waals surface area contributed by atoms with Gasteiger partial charge in [0.2, 0.25) is 5.91 Å². The average molecular weight is 676 g/mol. The van der Waals surface area contributed by atoms with Crippen molar-refractivity contribution in [3.63, 3.8) is 0 Å². The third kappa shape index (κ3) is 20.4. The maximum absolute atomic E-state index is 12.7. The number of nitrogens with one attached hydrogen (secondary N) is 1. The Morgan fingerprint density at radius 1 is 0.660 bits per heavy atom. The van der Waals surface area contributed by atoms with E-state index in [0.717, 1.165) is 25.7 Å². The van der Waals surface area contributed by atoms with Gasteiger partial charge in [-0.15, -0.1) is 0 Å². The van der Waals surface area contributed by atoms with Gasteiger partial charge in [0, 0.05) is 6.42 Å². The topological polar surface area (TPSA) is 169 Å². The third-order valence-electron chi connectivity index (χ3n) is 9.53. The first-order valence-corrected chi connectivity index (χ1v) is 19.3. The molecule has 1 fully saturated rings. The zero-order valence-corrected chi connectivity index (χ0v) is 29.9. The van der Waals surface area contributed by atoms with Gasteiger partial charge in [-0.25, -0.2) is 0 Å². The minimum Gasteiger partial charge on any atom is -0.394 e. The summed E-state index contributed by atoms with van der Waals surface area (Å²) in [4.78, 5) is 12.7. The molecule has 1 aliphatic heterocycles. The molecule has 1 saturated heterocycles. The van der Waals surface area contributed by atoms with Crippen LogP contribution in [0.2, 0.25) is 0 Å². The molecule has 0 aromatic rings. The summed E-state index contributed by atoms with van der Waals surface area (Å²) in [6, 6.07) is -0.980. The molecule has 0 spiro atoms. The number of hydrogen-bond acceptors (Lipinski definition) is 9. The van der Waals surface area contributed by atoms with Crippen molar-refractivity contribution in [2.75, 3.05) is 13.2 Å². The van der Waals surface area contributed by atoms with Gasteiger partial charge in [-0.05, 0) is 12.8 Å². The molecule has 0 aromatic carbocycles. The van der Waals surface area contributed by atoms with Crippen molar-refractivity contribution < 1.29 is 44.9 Å². The SMILES string of the molecule is CCCCCCCCCCCCCCCCCCCCCCCC(=O)N[C@@H](COC1OC(CO)C(O)C(O)C1O)[C@H](O)[C@H](O)CCC. The molecule has 1 amide bonds. The molecule has 0 radical (unpaired) electrons. The summed E-state index contributed by atoms with van der Waals surface area (Å²) in [5.74, 6) is -0.270. The Bertz CT molecular complexity index is 728. The van der Waals surface area contributed by atoms with E-state index in [1.165, 1.54) is 109 Å². The lowest BCUT2D eigenvalue weighted by Gasteiger charge is -2.40. The quantitative estimate of drug-likeness (QED) is 0.0475. The molecule has 7 N–H and O–H groups in total. The van der Waals surface area contributed by atoms with E-state index in [4.69, 9.17) is 9.47 Å². The number of carbonyl (C=O) groups is 1. The lowest BCUT2D eigenvalue weighted by atomic mass is 9.99. The Morgan fingerprint density at radius 3 is 1.53 bits per heavy atom. The summed E-state index contributed by atoms with van der Waals surface area (Å²) < 4.78 is 10.9. The van der Waals surface area contributed by atoms with Crippen LogP contribution in [0.3, 0.4) is 0 Å². The van der Waals surface area contributed by atoms with Crippen molar-refractivity contribution in [1.82, 2.24) is 5.32 Å². The fourth-order valence-electron chi connectivity index (χ4n) is 6.36. The Hall–Kier alpha value is -0.850. The molecule has 0 bridgehead atoms. The van der Waals surface area contributed by atoms with E-state index in [-0.39, 0.29) is 18.9 Å². The first kappa shape index (κ1) is 44.2. The van der Waals surface area contributed by atoms with Gasteiger partial charge in [-0.1, -0.05) is 149 Å². The van der Waals surface area contributed by atoms with E-state index in [1.807, 2.05) is 6.92 Å². The summed E-state index contributed by atoms with van der Waals surface area (Å²) in [6.07, 6.45) is 18.8. The van der Waals surface area contributed by atoms with Crippen molar-refractivity contribution >= 4 is 5.91 Å². The number of aliphatic hydroxyl groups is 6. The molecule has 5 unspecified atom stereocenters. The molecule has 47 heavy (non-hydrogen) atoms. The second kappa shape index (κ2) is 28.9. The molecule has 8 atom stereocenters. The minimum absolute atomic E-state index is 0.270. The summed E-state index contributed by atoms with van der Waals surface area (Å²) in [5, 5.41) is 63.4. The van der Waals surface area contributed by atoms with Crippen molar-refractivity contribution in [3.05, 3.63) is 0 Å². The Kier molecular flexibility index (Phi) is 27.2. The van der Waals surface area contributed by atoms with E-state index in [2.05, 4.69) is 12.2 Å². The molecular weight excluding hydrogens is 602 g/mol. The number of aliphatic hydroxyl groups excluding tert-OH is 6. The summed E-state index contributed by atoms with van der Waals surface area (Å²) >= 11 is 0. The lowest BCUT2D eigenvalue weighted by Crippen LogP contribution is -2.60. The highest BCUT2D eigenvalue weighted by Crippen LogP contribution is 2.23. The smallest absolute Gasteiger partial charge is 0.220 e. The van der Waals surface area contributed by atoms with Gasteiger partial charge in [-0.3, -0.25) is 4.79 Å². The van der Waals surface area contributed by atoms with Gasteiger partial charge in [0.05, 0.1) is 25.4 Å². The highest BCUT2D eigenvalue weighted by Gasteiger charge is 2.44. The average Bonchev–Trinajstić information content (AvgIpc) is 3.06. The highest BCUT2D eigenvalue weighted by atomic mass is 16.7. The van der Waals surface area contributed by atoms with Gasteiger partial charge in [0.15, 0.2) is 6.29 Å². The molecule has 10 heteroatoms. The van der Waals surface area contributed by atoms with E-state index in [1.54, 1.807) is 0 Å². The molecule has 0 aliphatic carbocycles. The van der Waals surface area contributed by atoms with Crippen LogP contribution < -0.4 is 5.32 Å². The minimum atomic E-state index is -1.60. The van der Waals surface area contributed by atoms with Crippen molar-refractivity contribution in [1.29, 1.82) is 0 Å². The van der Waals surface area contributed by atoms with Crippen LogP contribution in [0.15, 0.2) is 0 Å². The van der Waals surface area contributed by atoms with Crippen molar-refractivity contribution in [2.45, 2.75) is 217 Å². The monoisotopic (exact) mass is 676 g/mol. The van der Waals surface area contributed by atoms with Crippen LogP contribution in [0, 0.1) is 0 Å². The van der Waals surface area contributed by atoms with Crippen LogP contribution >= 0.6 is 0 Å². The zero-order chi connectivity index (χ0) is 34.7. The standard InChI is InChI=1S/C37H73NO9/c1-3-5-6-7-8-9-10-11-12-13-14-15-16-17-18-19-20-21-22-23-24-26-32(41)38-29(33(42)30(40)25-4-2)28-46-37-36(45)35(44)34(43)31(27-39)47-37/h29-31,33-37,39-40,42-45H,3-28H2,1-2H3,(H,38,41)/t29-,30+,31?,33-,34?,35?,36?,37?/m0/s1. The normalized spacial score (nSPS) is 23.4. The predicted molar refractivity (Wildman–Crippen MR) is 186 cm³/mol.